The molecule has 0 aromatic carbocycles. The Kier molecular flexibility index (Phi) is 6.05. The number of carbonyl (C=O) groups excluding carboxylic acids is 1. The lowest BCUT2D eigenvalue weighted by Gasteiger charge is -2.12. The fraction of sp³-hybridized carbons (Fsp3) is 0.909. The molecular weight excluding hydrogens is 162 g/mol. The van der Waals surface area contributed by atoms with E-state index in [0.717, 1.165) is 0 Å². The summed E-state index contributed by atoms with van der Waals surface area (Å²) in [4.78, 5) is 10.2. The van der Waals surface area contributed by atoms with Crippen molar-refractivity contribution in [3.05, 3.63) is 0 Å². The second-order valence-electron chi connectivity index (χ2n) is 5.53. The molecule has 0 aliphatic carbocycles. The van der Waals surface area contributed by atoms with Crippen LogP contribution in [0.4, 0.5) is 0 Å². The van der Waals surface area contributed by atoms with Crippen LogP contribution < -0.4 is 5.73 Å². The Labute approximate surface area is 82.9 Å². The molecule has 0 aliphatic rings. The van der Waals surface area contributed by atoms with Crippen LogP contribution in [0.5, 0.6) is 0 Å². The Hall–Kier alpha value is -0.530. The number of hydrogen-bond acceptors (Lipinski definition) is 1. The molecule has 0 radical (unpaired) electrons. The van der Waals surface area contributed by atoms with Gasteiger partial charge in [0.05, 0.1) is 0 Å². The number of primary amides is 1. The molecule has 1 amide bonds. The SMILES string of the molecule is CC(C)(C)C(N)=O.CCC(C)(C)C. The largest absolute Gasteiger partial charge is 0.369 e. The quantitative estimate of drug-likeness (QED) is 0.622. The lowest BCUT2D eigenvalue weighted by molar-refractivity contribution is -0.125. The highest BCUT2D eigenvalue weighted by Gasteiger charge is 2.16. The molecule has 0 atom stereocenters. The summed E-state index contributed by atoms with van der Waals surface area (Å²) >= 11 is 0. The number of amides is 1. The molecule has 2 heteroatoms. The van der Waals surface area contributed by atoms with E-state index in [0.29, 0.717) is 5.41 Å². The van der Waals surface area contributed by atoms with Gasteiger partial charge >= 0.3 is 0 Å². The lowest BCUT2D eigenvalue weighted by Crippen LogP contribution is -2.27. The molecule has 0 aliphatic heterocycles. The van der Waals surface area contributed by atoms with E-state index in [2.05, 4.69) is 27.7 Å². The zero-order valence-corrected chi connectivity index (χ0v) is 10.2. The smallest absolute Gasteiger partial charge is 0.222 e. The van der Waals surface area contributed by atoms with Crippen LogP contribution in [0.15, 0.2) is 0 Å². The minimum absolute atomic E-state index is 0.257. The molecule has 0 fully saturated rings. The maximum atomic E-state index is 10.2. The van der Waals surface area contributed by atoms with Crippen LogP contribution in [0.3, 0.4) is 0 Å². The predicted octanol–water partition coefficient (Wildman–Crippen LogP) is 2.96. The highest BCUT2D eigenvalue weighted by Crippen LogP contribution is 2.16. The molecule has 0 rings (SSSR count). The first-order chi connectivity index (χ1) is 5.50. The van der Waals surface area contributed by atoms with Gasteiger partial charge in [-0.1, -0.05) is 54.9 Å². The number of nitrogens with two attached hydrogens (primary N) is 1. The van der Waals surface area contributed by atoms with Gasteiger partial charge in [-0.05, 0) is 5.41 Å². The fourth-order valence-corrected chi connectivity index (χ4v) is 0. The van der Waals surface area contributed by atoms with Crippen LogP contribution in [0.1, 0.15) is 54.9 Å². The third-order valence-corrected chi connectivity index (χ3v) is 1.80. The summed E-state index contributed by atoms with van der Waals surface area (Å²) in [5.41, 5.74) is 5.11. The molecule has 2 nitrogen and oxygen atoms in total. The van der Waals surface area contributed by atoms with Crippen LogP contribution in [0, 0.1) is 10.8 Å². The second-order valence-corrected chi connectivity index (χ2v) is 5.53. The zero-order chi connectivity index (χ0) is 11.3. The molecule has 0 saturated carbocycles. The standard InChI is InChI=1S/C6H14.C5H11NO/c1-5-6(2,3)4;1-5(2,3)4(6)7/h5H2,1-4H3;1-3H3,(H2,6,7). The van der Waals surface area contributed by atoms with Gasteiger partial charge in [0.15, 0.2) is 0 Å². The van der Waals surface area contributed by atoms with Gasteiger partial charge in [-0.25, -0.2) is 0 Å². The summed E-state index contributed by atoms with van der Waals surface area (Å²) in [6, 6.07) is 0. The fourth-order valence-electron chi connectivity index (χ4n) is 0. The van der Waals surface area contributed by atoms with Crippen molar-refractivity contribution in [3.8, 4) is 0 Å². The molecule has 13 heavy (non-hydrogen) atoms. The van der Waals surface area contributed by atoms with Crippen LogP contribution in [-0.2, 0) is 4.79 Å². The van der Waals surface area contributed by atoms with Crippen molar-refractivity contribution in [2.75, 3.05) is 0 Å². The van der Waals surface area contributed by atoms with Crippen LogP contribution in [0.2, 0.25) is 0 Å². The van der Waals surface area contributed by atoms with Crippen molar-refractivity contribution in [3.63, 3.8) is 0 Å². The van der Waals surface area contributed by atoms with Gasteiger partial charge in [0.2, 0.25) is 5.91 Å². The summed E-state index contributed by atoms with van der Waals surface area (Å²) in [5.74, 6) is -0.257. The number of carbonyl (C=O) groups is 1. The highest BCUT2D eigenvalue weighted by atomic mass is 16.1. The summed E-state index contributed by atoms with van der Waals surface area (Å²) in [5, 5.41) is 0. The maximum absolute atomic E-state index is 10.2. The van der Waals surface area contributed by atoms with E-state index in [9.17, 15) is 4.79 Å². The van der Waals surface area contributed by atoms with E-state index >= 15 is 0 Å². The Morgan fingerprint density at radius 1 is 1.08 bits per heavy atom. The summed E-state index contributed by atoms with van der Waals surface area (Å²) in [6.07, 6.45) is 1.27. The first kappa shape index (κ1) is 15.0. The molecule has 0 bridgehead atoms. The molecule has 0 spiro atoms. The van der Waals surface area contributed by atoms with Crippen molar-refractivity contribution in [2.45, 2.75) is 54.9 Å². The Bertz CT molecular complexity index is 148. The van der Waals surface area contributed by atoms with Gasteiger partial charge in [-0.2, -0.15) is 0 Å². The highest BCUT2D eigenvalue weighted by molar-refractivity contribution is 5.79. The van der Waals surface area contributed by atoms with Gasteiger partial charge in [-0.3, -0.25) is 4.79 Å². The van der Waals surface area contributed by atoms with Gasteiger partial charge < -0.3 is 5.73 Å². The van der Waals surface area contributed by atoms with E-state index in [4.69, 9.17) is 5.73 Å². The summed E-state index contributed by atoms with van der Waals surface area (Å²) in [7, 11) is 0. The lowest BCUT2D eigenvalue weighted by atomic mass is 9.94. The second kappa shape index (κ2) is 5.25. The molecule has 2 N–H and O–H groups in total. The monoisotopic (exact) mass is 187 g/mol. The normalized spacial score (nSPS) is 11.6. The van der Waals surface area contributed by atoms with Crippen molar-refractivity contribution in [2.24, 2.45) is 16.6 Å². The van der Waals surface area contributed by atoms with Gasteiger partial charge in [0.1, 0.15) is 0 Å². The number of rotatable bonds is 0. The Morgan fingerprint density at radius 3 is 1.23 bits per heavy atom. The Balaban J connectivity index is 0. The minimum atomic E-state index is -0.361. The van der Waals surface area contributed by atoms with Crippen molar-refractivity contribution in [1.29, 1.82) is 0 Å². The summed E-state index contributed by atoms with van der Waals surface area (Å²) in [6.45, 7) is 14.3. The summed E-state index contributed by atoms with van der Waals surface area (Å²) < 4.78 is 0. The first-order valence-corrected chi connectivity index (χ1v) is 4.80. The molecule has 0 saturated heterocycles. The van der Waals surface area contributed by atoms with E-state index in [1.807, 2.05) is 0 Å². The first-order valence-electron chi connectivity index (χ1n) is 4.80. The van der Waals surface area contributed by atoms with Gasteiger partial charge in [0, 0.05) is 5.41 Å². The minimum Gasteiger partial charge on any atom is -0.369 e. The van der Waals surface area contributed by atoms with Crippen LogP contribution in [0.25, 0.3) is 0 Å². The molecule has 0 heterocycles. The van der Waals surface area contributed by atoms with E-state index in [1.165, 1.54) is 6.42 Å². The molecule has 0 aromatic heterocycles. The van der Waals surface area contributed by atoms with Gasteiger partial charge in [0.25, 0.3) is 0 Å². The van der Waals surface area contributed by atoms with Gasteiger partial charge in [-0.15, -0.1) is 0 Å². The van der Waals surface area contributed by atoms with Crippen molar-refractivity contribution < 1.29 is 4.79 Å². The third kappa shape index (κ3) is 14.3. The van der Waals surface area contributed by atoms with Crippen molar-refractivity contribution >= 4 is 5.91 Å². The van der Waals surface area contributed by atoms with Crippen LogP contribution in [-0.4, -0.2) is 5.91 Å². The molecular formula is C11H25NO. The zero-order valence-electron chi connectivity index (χ0n) is 10.2. The maximum Gasteiger partial charge on any atom is 0.222 e. The van der Waals surface area contributed by atoms with E-state index in [1.54, 1.807) is 20.8 Å². The van der Waals surface area contributed by atoms with Crippen LogP contribution >= 0.6 is 0 Å². The number of hydrogen-bond donors (Lipinski definition) is 1. The topological polar surface area (TPSA) is 43.1 Å². The molecule has 0 unspecified atom stereocenters. The Morgan fingerprint density at radius 2 is 1.23 bits per heavy atom. The molecule has 80 valence electrons. The molecule has 0 aromatic rings. The van der Waals surface area contributed by atoms with Crippen molar-refractivity contribution in [1.82, 2.24) is 0 Å². The average molecular weight is 187 g/mol. The predicted molar refractivity (Wildman–Crippen MR) is 58.4 cm³/mol. The third-order valence-electron chi connectivity index (χ3n) is 1.80. The van der Waals surface area contributed by atoms with E-state index < -0.39 is 0 Å². The van der Waals surface area contributed by atoms with E-state index in [-0.39, 0.29) is 11.3 Å². The average Bonchev–Trinajstić information content (AvgIpc) is 1.85.